The highest BCUT2D eigenvalue weighted by molar-refractivity contribution is 5.91. The number of aromatic nitrogens is 3. The zero-order valence-electron chi connectivity index (χ0n) is 16.6. The summed E-state index contributed by atoms with van der Waals surface area (Å²) in [5.41, 5.74) is 1.30. The summed E-state index contributed by atoms with van der Waals surface area (Å²) in [5.74, 6) is 0.648. The van der Waals surface area contributed by atoms with Gasteiger partial charge in [-0.1, -0.05) is 30.3 Å². The van der Waals surface area contributed by atoms with Gasteiger partial charge in [-0.15, -0.1) is 0 Å². The molecule has 0 aliphatic heterocycles. The normalized spacial score (nSPS) is 11.4. The number of hydrogen-bond acceptors (Lipinski definition) is 4. The number of nitrogens with zero attached hydrogens (tertiary/aromatic N) is 3. The van der Waals surface area contributed by atoms with Crippen molar-refractivity contribution in [3.8, 4) is 5.69 Å². The van der Waals surface area contributed by atoms with E-state index in [9.17, 15) is 9.59 Å². The maximum absolute atomic E-state index is 13.5. The van der Waals surface area contributed by atoms with E-state index in [4.69, 9.17) is 9.72 Å². The van der Waals surface area contributed by atoms with Crippen LogP contribution in [0.3, 0.4) is 0 Å². The van der Waals surface area contributed by atoms with E-state index in [0.29, 0.717) is 35.6 Å². The summed E-state index contributed by atoms with van der Waals surface area (Å²) in [7, 11) is 3.52. The Hall–Kier alpha value is -3.25. The molecule has 4 aromatic rings. The van der Waals surface area contributed by atoms with Crippen LogP contribution in [0.5, 0.6) is 0 Å². The summed E-state index contributed by atoms with van der Waals surface area (Å²) in [6, 6.07) is 16.7. The van der Waals surface area contributed by atoms with Crippen molar-refractivity contribution in [2.45, 2.75) is 19.3 Å². The minimum absolute atomic E-state index is 0.121. The van der Waals surface area contributed by atoms with E-state index in [1.165, 1.54) is 0 Å². The molecule has 2 heterocycles. The topological polar surface area (TPSA) is 66.1 Å². The van der Waals surface area contributed by atoms with Crippen molar-refractivity contribution < 1.29 is 4.74 Å². The van der Waals surface area contributed by atoms with Gasteiger partial charge in [0.25, 0.3) is 5.56 Å². The fraction of sp³-hybridized carbons (Fsp3) is 0.261. The van der Waals surface area contributed by atoms with Crippen LogP contribution in [-0.2, 0) is 18.2 Å². The van der Waals surface area contributed by atoms with Gasteiger partial charge >= 0.3 is 0 Å². The zero-order chi connectivity index (χ0) is 20.4. The summed E-state index contributed by atoms with van der Waals surface area (Å²) in [4.78, 5) is 31.5. The lowest BCUT2D eigenvalue weighted by molar-refractivity contribution is 0.192. The first kappa shape index (κ1) is 19.1. The number of para-hydroxylation sites is 2. The van der Waals surface area contributed by atoms with E-state index >= 15 is 0 Å². The van der Waals surface area contributed by atoms with E-state index in [2.05, 4.69) is 0 Å². The Kier molecular flexibility index (Phi) is 5.27. The van der Waals surface area contributed by atoms with Crippen molar-refractivity contribution in [2.75, 3.05) is 13.7 Å². The number of aryl methyl sites for hydroxylation is 2. The van der Waals surface area contributed by atoms with E-state index in [1.54, 1.807) is 17.7 Å². The molecule has 6 heteroatoms. The van der Waals surface area contributed by atoms with Crippen LogP contribution in [-0.4, -0.2) is 27.8 Å². The summed E-state index contributed by atoms with van der Waals surface area (Å²) >= 11 is 0. The third-order valence-corrected chi connectivity index (χ3v) is 5.20. The van der Waals surface area contributed by atoms with E-state index < -0.39 is 0 Å². The lowest BCUT2D eigenvalue weighted by atomic mass is 10.1. The van der Waals surface area contributed by atoms with Crippen molar-refractivity contribution in [3.05, 3.63) is 81.0 Å². The number of rotatable bonds is 6. The quantitative estimate of drug-likeness (QED) is 0.375. The second-order valence-corrected chi connectivity index (χ2v) is 7.06. The van der Waals surface area contributed by atoms with Gasteiger partial charge < -0.3 is 9.30 Å². The molecule has 0 N–H and O–H groups in total. The van der Waals surface area contributed by atoms with Crippen LogP contribution in [0.1, 0.15) is 18.7 Å². The first-order valence-electron chi connectivity index (χ1n) is 9.71. The monoisotopic (exact) mass is 389 g/mol. The standard InChI is InChI=1S/C23H23N3O3/c1-25-18-13-7-6-12-17(18)21(27)20-22(25)24-19(14-8-9-15-29-2)26(23(20)28)16-10-4-3-5-11-16/h3-7,10-13H,8-9,14-15H2,1-2H3. The minimum atomic E-state index is -0.325. The molecule has 0 amide bonds. The van der Waals surface area contributed by atoms with Crippen LogP contribution in [0.4, 0.5) is 0 Å². The first-order valence-corrected chi connectivity index (χ1v) is 9.71. The Morgan fingerprint density at radius 2 is 1.69 bits per heavy atom. The molecule has 29 heavy (non-hydrogen) atoms. The molecule has 148 valence electrons. The lowest BCUT2D eigenvalue weighted by Crippen LogP contribution is -2.29. The Labute approximate surface area is 168 Å². The molecule has 2 aromatic carbocycles. The number of ether oxygens (including phenoxy) is 1. The van der Waals surface area contributed by atoms with Gasteiger partial charge in [0.15, 0.2) is 5.65 Å². The third kappa shape index (κ3) is 3.36. The number of pyridine rings is 1. The van der Waals surface area contributed by atoms with Crippen LogP contribution in [0.15, 0.2) is 64.2 Å². The van der Waals surface area contributed by atoms with Crippen molar-refractivity contribution >= 4 is 21.9 Å². The second kappa shape index (κ2) is 8.01. The molecule has 0 aliphatic rings. The number of methoxy groups -OCH3 is 1. The number of unbranched alkanes of at least 4 members (excludes halogenated alkanes) is 1. The van der Waals surface area contributed by atoms with Gasteiger partial charge in [0, 0.05) is 32.6 Å². The first-order chi connectivity index (χ1) is 14.1. The predicted octanol–water partition coefficient (Wildman–Crippen LogP) is 3.21. The maximum Gasteiger partial charge on any atom is 0.271 e. The minimum Gasteiger partial charge on any atom is -0.385 e. The highest BCUT2D eigenvalue weighted by atomic mass is 16.5. The van der Waals surface area contributed by atoms with Crippen LogP contribution >= 0.6 is 0 Å². The van der Waals surface area contributed by atoms with Gasteiger partial charge in [-0.2, -0.15) is 0 Å². The molecule has 0 unspecified atom stereocenters. The predicted molar refractivity (Wildman–Crippen MR) is 115 cm³/mol. The molecule has 2 aromatic heterocycles. The molecule has 6 nitrogen and oxygen atoms in total. The van der Waals surface area contributed by atoms with Crippen molar-refractivity contribution in [1.82, 2.24) is 14.1 Å². The molecular weight excluding hydrogens is 366 g/mol. The fourth-order valence-corrected chi connectivity index (χ4v) is 3.74. The molecule has 0 saturated carbocycles. The van der Waals surface area contributed by atoms with Gasteiger partial charge in [0.1, 0.15) is 11.2 Å². The van der Waals surface area contributed by atoms with Gasteiger partial charge in [-0.3, -0.25) is 14.2 Å². The molecule has 4 rings (SSSR count). The van der Waals surface area contributed by atoms with E-state index in [-0.39, 0.29) is 16.4 Å². The Bertz CT molecular complexity index is 1290. The summed E-state index contributed by atoms with van der Waals surface area (Å²) in [6.07, 6.45) is 2.32. The molecule has 0 atom stereocenters. The summed E-state index contributed by atoms with van der Waals surface area (Å²) in [6.45, 7) is 0.659. The fourth-order valence-electron chi connectivity index (χ4n) is 3.74. The molecule has 0 fully saturated rings. The molecular formula is C23H23N3O3. The Morgan fingerprint density at radius 3 is 2.45 bits per heavy atom. The lowest BCUT2D eigenvalue weighted by Gasteiger charge is -2.16. The van der Waals surface area contributed by atoms with E-state index in [0.717, 1.165) is 18.4 Å². The van der Waals surface area contributed by atoms with Crippen molar-refractivity contribution in [2.24, 2.45) is 7.05 Å². The summed E-state index contributed by atoms with van der Waals surface area (Å²) in [5, 5.41) is 0.643. The molecule has 0 bridgehead atoms. The largest absolute Gasteiger partial charge is 0.385 e. The average Bonchev–Trinajstić information content (AvgIpc) is 2.75. The SMILES string of the molecule is COCCCCc1nc2c(c(=O)c3ccccc3n2C)c(=O)n1-c1ccccc1. The summed E-state index contributed by atoms with van der Waals surface area (Å²) < 4.78 is 8.55. The van der Waals surface area contributed by atoms with Crippen LogP contribution < -0.4 is 11.0 Å². The Balaban J connectivity index is 2.04. The molecule has 0 spiro atoms. The van der Waals surface area contributed by atoms with Crippen LogP contribution in [0.2, 0.25) is 0 Å². The second-order valence-electron chi connectivity index (χ2n) is 7.06. The highest BCUT2D eigenvalue weighted by Crippen LogP contribution is 2.17. The Morgan fingerprint density at radius 1 is 0.966 bits per heavy atom. The highest BCUT2D eigenvalue weighted by Gasteiger charge is 2.18. The average molecular weight is 389 g/mol. The molecule has 0 aliphatic carbocycles. The van der Waals surface area contributed by atoms with Crippen LogP contribution in [0, 0.1) is 0 Å². The van der Waals surface area contributed by atoms with E-state index in [1.807, 2.05) is 60.1 Å². The number of fused-ring (bicyclic) bond motifs is 2. The number of benzene rings is 2. The maximum atomic E-state index is 13.5. The smallest absolute Gasteiger partial charge is 0.271 e. The van der Waals surface area contributed by atoms with Gasteiger partial charge in [-0.25, -0.2) is 4.98 Å². The third-order valence-electron chi connectivity index (χ3n) is 5.20. The van der Waals surface area contributed by atoms with Gasteiger partial charge in [-0.05, 0) is 37.1 Å². The van der Waals surface area contributed by atoms with Gasteiger partial charge in [0.05, 0.1) is 11.2 Å². The zero-order valence-corrected chi connectivity index (χ0v) is 16.6. The number of hydrogen-bond donors (Lipinski definition) is 0. The van der Waals surface area contributed by atoms with Crippen LogP contribution in [0.25, 0.3) is 27.6 Å². The van der Waals surface area contributed by atoms with Crippen molar-refractivity contribution in [1.29, 1.82) is 0 Å². The molecule has 0 radical (unpaired) electrons. The molecule has 0 saturated heterocycles. The van der Waals surface area contributed by atoms with Gasteiger partial charge in [0.2, 0.25) is 5.43 Å². The van der Waals surface area contributed by atoms with Crippen molar-refractivity contribution in [3.63, 3.8) is 0 Å².